The van der Waals surface area contributed by atoms with Gasteiger partial charge in [0.15, 0.2) is 6.54 Å². The van der Waals surface area contributed by atoms with Crippen molar-refractivity contribution in [3.8, 4) is 5.75 Å². The molecule has 2 heterocycles. The summed E-state index contributed by atoms with van der Waals surface area (Å²) in [4.78, 5) is 2.08. The van der Waals surface area contributed by atoms with E-state index in [-0.39, 0.29) is 5.75 Å². The first-order chi connectivity index (χ1) is 13.4. The van der Waals surface area contributed by atoms with E-state index in [1.807, 2.05) is 0 Å². The highest BCUT2D eigenvalue weighted by Crippen LogP contribution is 2.37. The molecule has 1 aromatic rings. The summed E-state index contributed by atoms with van der Waals surface area (Å²) in [5.74, 6) is 1.93. The Bertz CT molecular complexity index is 683. The van der Waals surface area contributed by atoms with E-state index < -0.39 is 12.3 Å². The molecule has 1 fully saturated rings. The quantitative estimate of drug-likeness (QED) is 0.479. The third-order valence-electron chi connectivity index (χ3n) is 5.73. The summed E-state index contributed by atoms with van der Waals surface area (Å²) in [5.41, 5.74) is -0.403. The van der Waals surface area contributed by atoms with Crippen LogP contribution >= 0.6 is 11.8 Å². The van der Waals surface area contributed by atoms with E-state index >= 15 is 0 Å². The van der Waals surface area contributed by atoms with Crippen LogP contribution in [0.25, 0.3) is 0 Å². The topological polar surface area (TPSA) is 35.7 Å². The van der Waals surface area contributed by atoms with E-state index in [9.17, 15) is 13.9 Å². The van der Waals surface area contributed by atoms with Crippen LogP contribution in [-0.2, 0) is 5.72 Å². The number of hydrogen-bond donors (Lipinski definition) is 1. The summed E-state index contributed by atoms with van der Waals surface area (Å²) in [6.45, 7) is 3.93. The Kier molecular flexibility index (Phi) is 7.20. The van der Waals surface area contributed by atoms with Crippen molar-refractivity contribution in [1.29, 1.82) is 0 Å². The van der Waals surface area contributed by atoms with Gasteiger partial charge in [-0.2, -0.15) is 8.78 Å². The molecular formula is C21H31F2N2O2S+. The molecule has 0 amide bonds. The number of alkyl halides is 2. The molecule has 28 heavy (non-hydrogen) atoms. The first-order valence-electron chi connectivity index (χ1n) is 10.2. The van der Waals surface area contributed by atoms with Gasteiger partial charge in [0, 0.05) is 11.3 Å². The number of β-amino-alcohol motifs (C(OH)–C–C–N with tert-alkyl or cyclic N) is 1. The summed E-state index contributed by atoms with van der Waals surface area (Å²) in [7, 11) is 0. The molecule has 0 radical (unpaired) electrons. The first-order valence-corrected chi connectivity index (χ1v) is 11.2. The minimum absolute atomic E-state index is 0.111. The maximum Gasteiger partial charge on any atom is 0.387 e. The lowest BCUT2D eigenvalue weighted by atomic mass is 10.0. The second-order valence-electron chi connectivity index (χ2n) is 7.79. The fourth-order valence-electron chi connectivity index (χ4n) is 3.91. The van der Waals surface area contributed by atoms with Gasteiger partial charge in [-0.15, -0.1) is 0 Å². The van der Waals surface area contributed by atoms with Crippen LogP contribution in [0.15, 0.2) is 24.3 Å². The van der Waals surface area contributed by atoms with Crippen molar-refractivity contribution in [2.24, 2.45) is 5.92 Å². The molecule has 3 rings (SSSR count). The molecule has 2 aliphatic rings. The van der Waals surface area contributed by atoms with E-state index in [0.717, 1.165) is 48.3 Å². The smallest absolute Gasteiger partial charge is 0.387 e. The molecule has 1 N–H and O–H groups in total. The number of nitrogens with zero attached hydrogens (tertiary/aromatic N) is 2. The fraction of sp³-hybridized carbons (Fsp3) is 0.667. The number of unbranched alkanes of at least 4 members (excludes halogenated alkanes) is 1. The third-order valence-corrected chi connectivity index (χ3v) is 6.96. The van der Waals surface area contributed by atoms with Gasteiger partial charge in [-0.25, -0.2) is 9.48 Å². The van der Waals surface area contributed by atoms with Crippen molar-refractivity contribution in [2.45, 2.75) is 58.3 Å². The lowest BCUT2D eigenvalue weighted by molar-refractivity contribution is -0.532. The van der Waals surface area contributed by atoms with Gasteiger partial charge in [0.2, 0.25) is 0 Å². The number of amidine groups is 1. The molecule has 1 aromatic carbocycles. The predicted octanol–water partition coefficient (Wildman–Crippen LogP) is 4.47. The number of hydrogen-bond acceptors (Lipinski definition) is 4. The van der Waals surface area contributed by atoms with Gasteiger partial charge in [0.05, 0.1) is 13.1 Å². The van der Waals surface area contributed by atoms with Crippen LogP contribution in [0.5, 0.6) is 5.75 Å². The summed E-state index contributed by atoms with van der Waals surface area (Å²) in [6, 6.07) is 6.40. The summed E-state index contributed by atoms with van der Waals surface area (Å²) in [6.07, 6.45) is 5.79. The molecular weight excluding hydrogens is 382 g/mol. The molecule has 0 aliphatic carbocycles. The van der Waals surface area contributed by atoms with E-state index in [1.165, 1.54) is 31.4 Å². The van der Waals surface area contributed by atoms with Crippen LogP contribution in [0.4, 0.5) is 8.78 Å². The number of aliphatic hydroxyl groups is 1. The zero-order valence-corrected chi connectivity index (χ0v) is 17.6. The van der Waals surface area contributed by atoms with Gasteiger partial charge < -0.3 is 9.84 Å². The molecule has 2 unspecified atom stereocenters. The van der Waals surface area contributed by atoms with Gasteiger partial charge in [-0.3, -0.25) is 0 Å². The van der Waals surface area contributed by atoms with Crippen molar-refractivity contribution in [3.05, 3.63) is 29.8 Å². The van der Waals surface area contributed by atoms with Gasteiger partial charge >= 0.3 is 11.8 Å². The van der Waals surface area contributed by atoms with E-state index in [2.05, 4.69) is 28.1 Å². The number of benzene rings is 1. The first kappa shape index (κ1) is 21.4. The van der Waals surface area contributed by atoms with Crippen molar-refractivity contribution >= 4 is 16.9 Å². The Morgan fingerprint density at radius 3 is 2.71 bits per heavy atom. The van der Waals surface area contributed by atoms with Gasteiger partial charge in [0.25, 0.3) is 5.72 Å². The fourth-order valence-corrected chi connectivity index (χ4v) is 5.10. The van der Waals surface area contributed by atoms with Crippen molar-refractivity contribution in [1.82, 2.24) is 4.90 Å². The monoisotopic (exact) mass is 413 g/mol. The Morgan fingerprint density at radius 2 is 2.04 bits per heavy atom. The molecule has 0 bridgehead atoms. The highest BCUT2D eigenvalue weighted by atomic mass is 32.2. The lowest BCUT2D eigenvalue weighted by Gasteiger charge is -2.30. The molecule has 0 aromatic heterocycles. The van der Waals surface area contributed by atoms with Gasteiger partial charge in [0.1, 0.15) is 5.75 Å². The normalized spacial score (nSPS) is 23.3. The Labute approximate surface area is 170 Å². The summed E-state index contributed by atoms with van der Waals surface area (Å²) < 4.78 is 31.5. The maximum atomic E-state index is 12.4. The SMILES string of the molecule is CCC(C)CCCC[N+]1=C2SCCCN2C(O)(c2ccc(OC(F)F)cc2)C1. The molecule has 4 nitrogen and oxygen atoms in total. The highest BCUT2D eigenvalue weighted by molar-refractivity contribution is 8.13. The van der Waals surface area contributed by atoms with E-state index in [0.29, 0.717) is 6.54 Å². The maximum absolute atomic E-state index is 12.4. The van der Waals surface area contributed by atoms with E-state index in [4.69, 9.17) is 0 Å². The lowest BCUT2D eigenvalue weighted by Crippen LogP contribution is -2.48. The van der Waals surface area contributed by atoms with Crippen LogP contribution in [0, 0.1) is 5.92 Å². The standard InChI is InChI=1S/C21H31F2N2O2S/c1-3-16(2)7-4-5-12-24-15-21(26,25-13-6-14-28-20(24)25)17-8-10-18(11-9-17)27-19(22)23/h8-11,16,19,26H,3-7,12-15H2,1-2H3/q+1. The number of halogens is 2. The largest absolute Gasteiger partial charge is 0.435 e. The highest BCUT2D eigenvalue weighted by Gasteiger charge is 2.54. The van der Waals surface area contributed by atoms with Crippen molar-refractivity contribution in [2.75, 3.05) is 25.4 Å². The molecule has 156 valence electrons. The Hall–Kier alpha value is -1.34. The van der Waals surface area contributed by atoms with Crippen LogP contribution in [0.3, 0.4) is 0 Å². The molecule has 2 aliphatic heterocycles. The molecule has 1 saturated heterocycles. The Morgan fingerprint density at radius 1 is 1.29 bits per heavy atom. The number of ether oxygens (including phenoxy) is 1. The average molecular weight is 414 g/mol. The molecule has 0 spiro atoms. The van der Waals surface area contributed by atoms with Crippen LogP contribution in [-0.4, -0.2) is 51.7 Å². The zero-order chi connectivity index (χ0) is 20.1. The molecule has 2 atom stereocenters. The van der Waals surface area contributed by atoms with Gasteiger partial charge in [-0.1, -0.05) is 26.7 Å². The number of rotatable bonds is 9. The van der Waals surface area contributed by atoms with Crippen molar-refractivity contribution in [3.63, 3.8) is 0 Å². The minimum atomic E-state index is -2.84. The van der Waals surface area contributed by atoms with Crippen LogP contribution < -0.4 is 4.74 Å². The Balaban J connectivity index is 1.70. The van der Waals surface area contributed by atoms with Crippen LogP contribution in [0.2, 0.25) is 0 Å². The van der Waals surface area contributed by atoms with Crippen LogP contribution in [0.1, 0.15) is 51.5 Å². The zero-order valence-electron chi connectivity index (χ0n) is 16.7. The van der Waals surface area contributed by atoms with Gasteiger partial charge in [-0.05, 0) is 61.2 Å². The van der Waals surface area contributed by atoms with E-state index in [1.54, 1.807) is 23.9 Å². The summed E-state index contributed by atoms with van der Waals surface area (Å²) in [5, 5.41) is 12.7. The number of thioether (sulfide) groups is 1. The van der Waals surface area contributed by atoms with Crippen molar-refractivity contribution < 1.29 is 23.2 Å². The average Bonchev–Trinajstić information content (AvgIpc) is 2.98. The third kappa shape index (κ3) is 4.79. The number of fused-ring (bicyclic) bond motifs is 1. The second kappa shape index (κ2) is 9.44. The minimum Gasteiger partial charge on any atom is -0.435 e. The molecule has 0 saturated carbocycles. The summed E-state index contributed by atoms with van der Waals surface area (Å²) >= 11 is 1.80. The predicted molar refractivity (Wildman–Crippen MR) is 109 cm³/mol. The second-order valence-corrected chi connectivity index (χ2v) is 8.85. The molecule has 7 heteroatoms.